The molecule has 0 aliphatic rings. The molecule has 3 rings (SSSR count). The van der Waals surface area contributed by atoms with Gasteiger partial charge in [-0.25, -0.2) is 9.78 Å². The van der Waals surface area contributed by atoms with Crippen LogP contribution in [0.3, 0.4) is 0 Å². The van der Waals surface area contributed by atoms with Crippen molar-refractivity contribution < 1.29 is 19.4 Å². The molecule has 0 saturated heterocycles. The number of nitriles is 1. The van der Waals surface area contributed by atoms with E-state index >= 15 is 0 Å². The van der Waals surface area contributed by atoms with Crippen LogP contribution in [0.2, 0.25) is 0 Å². The number of aliphatic hydroxyl groups excluding tert-OH is 1. The van der Waals surface area contributed by atoms with Crippen molar-refractivity contribution in [1.82, 2.24) is 9.97 Å². The second-order valence-electron chi connectivity index (χ2n) is 5.80. The Hall–Kier alpha value is -3.79. The highest BCUT2D eigenvalue weighted by molar-refractivity contribution is 5.83. The summed E-state index contributed by atoms with van der Waals surface area (Å²) >= 11 is 0. The number of para-hydroxylation sites is 2. The van der Waals surface area contributed by atoms with Gasteiger partial charge in [-0.05, 0) is 36.8 Å². The van der Waals surface area contributed by atoms with Gasteiger partial charge in [-0.15, -0.1) is 0 Å². The molecule has 1 heterocycles. The summed E-state index contributed by atoms with van der Waals surface area (Å²) in [5.74, 6) is -0.291. The zero-order valence-electron chi connectivity index (χ0n) is 14.6. The summed E-state index contributed by atoms with van der Waals surface area (Å²) in [7, 11) is 0. The Kier molecular flexibility index (Phi) is 5.38. The molecule has 0 amide bonds. The molecule has 0 atom stereocenters. The van der Waals surface area contributed by atoms with Gasteiger partial charge in [-0.3, -0.25) is 0 Å². The maximum absolute atomic E-state index is 11.8. The highest BCUT2D eigenvalue weighted by atomic mass is 16.6. The first-order valence-corrected chi connectivity index (χ1v) is 8.19. The van der Waals surface area contributed by atoms with Crippen LogP contribution in [-0.2, 0) is 9.53 Å². The van der Waals surface area contributed by atoms with Crippen LogP contribution < -0.4 is 4.74 Å². The maximum atomic E-state index is 11.8. The lowest BCUT2D eigenvalue weighted by atomic mass is 10.2. The first kappa shape index (κ1) is 18.0. The minimum atomic E-state index is -0.662. The van der Waals surface area contributed by atoms with E-state index in [1.807, 2.05) is 37.3 Å². The summed E-state index contributed by atoms with van der Waals surface area (Å²) in [5, 5.41) is 19.5. The quantitative estimate of drug-likeness (QED) is 0.395. The number of carbonyl (C=O) groups excluding carboxylic acids is 1. The highest BCUT2D eigenvalue weighted by Crippen LogP contribution is 2.19. The average molecular weight is 363 g/mol. The monoisotopic (exact) mass is 363 g/mol. The number of carbonyl (C=O) groups is 1. The predicted octanol–water partition coefficient (Wildman–Crippen LogP) is 3.29. The third-order valence-corrected chi connectivity index (χ3v) is 3.74. The zero-order chi connectivity index (χ0) is 19.2. The van der Waals surface area contributed by atoms with E-state index in [2.05, 4.69) is 9.97 Å². The first-order chi connectivity index (χ1) is 13.1. The number of hydrogen-bond acceptors (Lipinski definition) is 6. The van der Waals surface area contributed by atoms with Crippen LogP contribution in [0.1, 0.15) is 11.4 Å². The lowest BCUT2D eigenvalue weighted by molar-refractivity contribution is -0.145. The Morgan fingerprint density at radius 2 is 2.04 bits per heavy atom. The number of aliphatic hydroxyl groups is 1. The van der Waals surface area contributed by atoms with Gasteiger partial charge in [0.15, 0.2) is 18.2 Å². The number of nitrogens with zero attached hydrogens (tertiary/aromatic N) is 2. The fraction of sp³-hybridized carbons (Fsp3) is 0.150. The molecule has 7 nitrogen and oxygen atoms in total. The van der Waals surface area contributed by atoms with E-state index in [4.69, 9.17) is 9.47 Å². The molecule has 0 bridgehead atoms. The first-order valence-electron chi connectivity index (χ1n) is 8.19. The number of nitrogens with one attached hydrogen (secondary N) is 1. The number of aromatic nitrogens is 2. The number of ether oxygens (including phenoxy) is 2. The summed E-state index contributed by atoms with van der Waals surface area (Å²) in [5.41, 5.74) is 2.32. The Labute approximate surface area is 155 Å². The summed E-state index contributed by atoms with van der Waals surface area (Å²) in [6.07, 6.45) is 0. The number of rotatable bonds is 6. The number of imidazole rings is 1. The average Bonchev–Trinajstić information content (AvgIpc) is 3.09. The van der Waals surface area contributed by atoms with Crippen molar-refractivity contribution in [3.63, 3.8) is 0 Å². The minimum absolute atomic E-state index is 0.0846. The molecule has 3 aromatic rings. The number of allylic oxidation sites excluding steroid dienone is 1. The number of H-pyrrole nitrogens is 1. The predicted molar refractivity (Wildman–Crippen MR) is 98.9 cm³/mol. The van der Waals surface area contributed by atoms with Crippen LogP contribution >= 0.6 is 0 Å². The number of aromatic amines is 1. The van der Waals surface area contributed by atoms with E-state index in [0.717, 1.165) is 11.1 Å². The second-order valence-corrected chi connectivity index (χ2v) is 5.80. The van der Waals surface area contributed by atoms with Crippen LogP contribution in [0, 0.1) is 18.3 Å². The number of hydrogen-bond donors (Lipinski definition) is 2. The van der Waals surface area contributed by atoms with E-state index in [1.54, 1.807) is 24.3 Å². The van der Waals surface area contributed by atoms with Gasteiger partial charge < -0.3 is 19.6 Å². The van der Waals surface area contributed by atoms with Crippen molar-refractivity contribution in [1.29, 1.82) is 5.26 Å². The molecule has 136 valence electrons. The van der Waals surface area contributed by atoms with Crippen LogP contribution in [0.15, 0.2) is 54.3 Å². The molecule has 7 heteroatoms. The van der Waals surface area contributed by atoms with Crippen LogP contribution in [0.25, 0.3) is 16.6 Å². The molecule has 2 aromatic carbocycles. The lowest BCUT2D eigenvalue weighted by Crippen LogP contribution is -2.16. The van der Waals surface area contributed by atoms with Gasteiger partial charge in [0, 0.05) is 0 Å². The fourth-order valence-corrected chi connectivity index (χ4v) is 2.44. The standard InChI is InChI=1S/C20H17N3O4/c1-13-5-4-6-14(9-13)26-12-19(25)27-11-18(24)15(10-21)20-22-16-7-2-3-8-17(16)23-20/h2-9,24H,11-12H2,1H3,(H,22,23)/b18-15-. The Morgan fingerprint density at radius 1 is 1.22 bits per heavy atom. The SMILES string of the molecule is Cc1cccc(OCC(=O)OC/C(O)=C(\C#N)c2nc3ccccc3[nH]2)c1. The van der Waals surface area contributed by atoms with E-state index in [9.17, 15) is 15.2 Å². The van der Waals surface area contributed by atoms with Gasteiger partial charge in [-0.1, -0.05) is 24.3 Å². The van der Waals surface area contributed by atoms with Crippen LogP contribution in [-0.4, -0.2) is 34.3 Å². The molecule has 0 spiro atoms. The van der Waals surface area contributed by atoms with Gasteiger partial charge in [0.1, 0.15) is 24.0 Å². The van der Waals surface area contributed by atoms with Crippen molar-refractivity contribution in [2.75, 3.05) is 13.2 Å². The summed E-state index contributed by atoms with van der Waals surface area (Å²) in [6, 6.07) is 16.4. The topological polar surface area (TPSA) is 108 Å². The zero-order valence-corrected chi connectivity index (χ0v) is 14.6. The largest absolute Gasteiger partial charge is 0.507 e. The molecular weight excluding hydrogens is 346 g/mol. The van der Waals surface area contributed by atoms with E-state index < -0.39 is 12.6 Å². The molecule has 0 aliphatic carbocycles. The van der Waals surface area contributed by atoms with Gasteiger partial charge in [0.05, 0.1) is 11.0 Å². The Balaban J connectivity index is 1.62. The number of aryl methyl sites for hydroxylation is 1. The smallest absolute Gasteiger partial charge is 0.344 e. The van der Waals surface area contributed by atoms with Gasteiger partial charge in [-0.2, -0.15) is 5.26 Å². The molecule has 27 heavy (non-hydrogen) atoms. The van der Waals surface area contributed by atoms with Crippen LogP contribution in [0.5, 0.6) is 5.75 Å². The second kappa shape index (κ2) is 8.06. The van der Waals surface area contributed by atoms with Gasteiger partial charge in [0.2, 0.25) is 0 Å². The van der Waals surface area contributed by atoms with Gasteiger partial charge >= 0.3 is 5.97 Å². The minimum Gasteiger partial charge on any atom is -0.507 e. The van der Waals surface area contributed by atoms with Crippen molar-refractivity contribution >= 4 is 22.6 Å². The van der Waals surface area contributed by atoms with E-state index in [0.29, 0.717) is 11.3 Å². The molecule has 0 unspecified atom stereocenters. The molecule has 0 radical (unpaired) electrons. The van der Waals surface area contributed by atoms with Gasteiger partial charge in [0.25, 0.3) is 0 Å². The molecular formula is C20H17N3O4. The molecule has 0 aliphatic heterocycles. The fourth-order valence-electron chi connectivity index (χ4n) is 2.44. The van der Waals surface area contributed by atoms with E-state index in [1.165, 1.54) is 0 Å². The van der Waals surface area contributed by atoms with Crippen molar-refractivity contribution in [2.24, 2.45) is 0 Å². The normalized spacial score (nSPS) is 11.6. The third-order valence-electron chi connectivity index (χ3n) is 3.74. The summed E-state index contributed by atoms with van der Waals surface area (Å²) in [4.78, 5) is 19.0. The summed E-state index contributed by atoms with van der Waals surface area (Å²) < 4.78 is 10.3. The third kappa shape index (κ3) is 4.44. The van der Waals surface area contributed by atoms with Crippen molar-refractivity contribution in [2.45, 2.75) is 6.92 Å². The molecule has 1 aromatic heterocycles. The highest BCUT2D eigenvalue weighted by Gasteiger charge is 2.15. The Morgan fingerprint density at radius 3 is 2.78 bits per heavy atom. The van der Waals surface area contributed by atoms with Crippen molar-refractivity contribution in [3.8, 4) is 11.8 Å². The number of esters is 1. The molecule has 2 N–H and O–H groups in total. The maximum Gasteiger partial charge on any atom is 0.344 e. The number of fused-ring (bicyclic) bond motifs is 1. The molecule has 0 fully saturated rings. The summed E-state index contributed by atoms with van der Waals surface area (Å²) in [6.45, 7) is 1.16. The van der Waals surface area contributed by atoms with Crippen LogP contribution in [0.4, 0.5) is 0 Å². The molecule has 0 saturated carbocycles. The van der Waals surface area contributed by atoms with E-state index in [-0.39, 0.29) is 23.8 Å². The Bertz CT molecular complexity index is 1010. The van der Waals surface area contributed by atoms with Crippen molar-refractivity contribution in [3.05, 3.63) is 65.7 Å². The lowest BCUT2D eigenvalue weighted by Gasteiger charge is -2.08. The number of benzene rings is 2.